The van der Waals surface area contributed by atoms with Crippen LogP contribution in [0.4, 0.5) is 0 Å². The topological polar surface area (TPSA) is 76.5 Å². The van der Waals surface area contributed by atoms with Gasteiger partial charge in [-0.1, -0.05) is 85.6 Å². The van der Waals surface area contributed by atoms with Crippen LogP contribution in [0.5, 0.6) is 0 Å². The molecule has 0 radical (unpaired) electrons. The number of benzene rings is 3. The lowest BCUT2D eigenvalue weighted by Crippen LogP contribution is -2.41. The molecule has 6 nitrogen and oxygen atoms in total. The van der Waals surface area contributed by atoms with E-state index in [9.17, 15) is 4.79 Å². The molecule has 1 aliphatic heterocycles. The third kappa shape index (κ3) is 5.77. The monoisotopic (exact) mass is 541 g/mol. The summed E-state index contributed by atoms with van der Waals surface area (Å²) in [4.78, 5) is 26.7. The third-order valence-electron chi connectivity index (χ3n) is 7.40. The van der Waals surface area contributed by atoms with E-state index in [1.807, 2.05) is 34.9 Å². The van der Waals surface area contributed by atoms with Crippen molar-refractivity contribution in [2.24, 2.45) is 16.6 Å². The standard InChI is InChI=1S/C32H36ClN5O/c1-21(2)29(37-20-26(10-7-17-34)35-30(37)24-13-11-22(3)12-14-24)31-36-28-18-25(33)15-16-27(28)32(39)38(31)19-23-8-5-4-6-9-23/h4-6,8-9,11-16,18,21,26,29H,7,10,17,19-20,34H2,1-3H3. The Kier molecular flexibility index (Phi) is 8.15. The van der Waals surface area contributed by atoms with Crippen molar-refractivity contribution in [1.29, 1.82) is 0 Å². The number of aryl methyl sites for hydroxylation is 1. The number of fused-ring (bicyclic) bond motifs is 1. The van der Waals surface area contributed by atoms with Crippen molar-refractivity contribution < 1.29 is 0 Å². The highest BCUT2D eigenvalue weighted by atomic mass is 35.5. The van der Waals surface area contributed by atoms with Crippen LogP contribution in [0.2, 0.25) is 5.02 Å². The van der Waals surface area contributed by atoms with Gasteiger partial charge in [0.15, 0.2) is 0 Å². The van der Waals surface area contributed by atoms with Crippen LogP contribution >= 0.6 is 11.6 Å². The summed E-state index contributed by atoms with van der Waals surface area (Å²) >= 11 is 6.36. The molecule has 0 aliphatic carbocycles. The average molecular weight is 542 g/mol. The molecule has 3 aromatic carbocycles. The van der Waals surface area contributed by atoms with E-state index in [-0.39, 0.29) is 23.6 Å². The van der Waals surface area contributed by atoms with Crippen LogP contribution in [0.1, 0.15) is 55.2 Å². The lowest BCUT2D eigenvalue weighted by Gasteiger charge is -2.35. The molecule has 0 bridgehead atoms. The molecule has 5 rings (SSSR count). The summed E-state index contributed by atoms with van der Waals surface area (Å²) in [6.45, 7) is 8.29. The number of hydrogen-bond acceptors (Lipinski definition) is 5. The minimum atomic E-state index is -0.173. The summed E-state index contributed by atoms with van der Waals surface area (Å²) in [6.07, 6.45) is 1.84. The van der Waals surface area contributed by atoms with Crippen molar-refractivity contribution in [2.45, 2.75) is 52.2 Å². The van der Waals surface area contributed by atoms with Crippen LogP contribution in [-0.2, 0) is 6.54 Å². The van der Waals surface area contributed by atoms with Crippen LogP contribution in [0.3, 0.4) is 0 Å². The van der Waals surface area contributed by atoms with E-state index in [4.69, 9.17) is 27.3 Å². The highest BCUT2D eigenvalue weighted by Crippen LogP contribution is 2.34. The second-order valence-corrected chi connectivity index (χ2v) is 11.2. The maximum absolute atomic E-state index is 14.0. The van der Waals surface area contributed by atoms with E-state index in [0.29, 0.717) is 29.0 Å². The SMILES string of the molecule is Cc1ccc(C2=NC(CCCN)CN2C(c2nc3cc(Cl)ccc3c(=O)n2Cc2ccccc2)C(C)C)cc1. The van der Waals surface area contributed by atoms with Crippen LogP contribution in [0, 0.1) is 12.8 Å². The van der Waals surface area contributed by atoms with Crippen molar-refractivity contribution in [3.05, 3.63) is 111 Å². The molecule has 1 aromatic heterocycles. The van der Waals surface area contributed by atoms with Gasteiger partial charge in [0.05, 0.1) is 29.5 Å². The van der Waals surface area contributed by atoms with Crippen molar-refractivity contribution in [3.8, 4) is 0 Å². The van der Waals surface area contributed by atoms with Gasteiger partial charge in [-0.15, -0.1) is 0 Å². The van der Waals surface area contributed by atoms with Gasteiger partial charge in [0, 0.05) is 17.1 Å². The second-order valence-electron chi connectivity index (χ2n) is 10.8. The molecule has 0 amide bonds. The van der Waals surface area contributed by atoms with Crippen LogP contribution in [0.25, 0.3) is 10.9 Å². The summed E-state index contributed by atoms with van der Waals surface area (Å²) in [5.41, 5.74) is 9.73. The highest BCUT2D eigenvalue weighted by molar-refractivity contribution is 6.31. The third-order valence-corrected chi connectivity index (χ3v) is 7.63. The number of nitrogens with two attached hydrogens (primary N) is 1. The molecule has 0 saturated heterocycles. The maximum atomic E-state index is 14.0. The molecular formula is C32H36ClN5O. The zero-order valence-electron chi connectivity index (χ0n) is 22.8. The van der Waals surface area contributed by atoms with E-state index < -0.39 is 0 Å². The molecule has 0 fully saturated rings. The highest BCUT2D eigenvalue weighted by Gasteiger charge is 2.36. The second kappa shape index (κ2) is 11.7. The number of aromatic nitrogens is 2. The molecule has 2 unspecified atom stereocenters. The van der Waals surface area contributed by atoms with Gasteiger partial charge in [-0.2, -0.15) is 0 Å². The lowest BCUT2D eigenvalue weighted by atomic mass is 9.98. The molecular weight excluding hydrogens is 506 g/mol. The Hall–Kier alpha value is -3.48. The largest absolute Gasteiger partial charge is 0.344 e. The Balaban J connectivity index is 1.68. The van der Waals surface area contributed by atoms with E-state index in [1.165, 1.54) is 5.56 Å². The number of hydrogen-bond donors (Lipinski definition) is 1. The molecule has 202 valence electrons. The van der Waals surface area contributed by atoms with Gasteiger partial charge in [0.2, 0.25) is 0 Å². The first-order valence-corrected chi connectivity index (χ1v) is 14.1. The number of aliphatic imine (C=N–C) groups is 1. The molecule has 0 spiro atoms. The van der Waals surface area contributed by atoms with Gasteiger partial charge in [0.25, 0.3) is 5.56 Å². The van der Waals surface area contributed by atoms with Gasteiger partial charge in [0.1, 0.15) is 11.7 Å². The van der Waals surface area contributed by atoms with E-state index in [1.54, 1.807) is 18.2 Å². The van der Waals surface area contributed by atoms with Crippen molar-refractivity contribution >= 4 is 28.3 Å². The first-order valence-electron chi connectivity index (χ1n) is 13.7. The van der Waals surface area contributed by atoms with Crippen LogP contribution in [-0.4, -0.2) is 39.4 Å². The number of nitrogens with zero attached hydrogens (tertiary/aromatic N) is 4. The Morgan fingerprint density at radius 1 is 1.05 bits per heavy atom. The normalized spacial score (nSPS) is 16.2. The zero-order valence-corrected chi connectivity index (χ0v) is 23.6. The molecule has 0 saturated carbocycles. The average Bonchev–Trinajstić information content (AvgIpc) is 3.33. The van der Waals surface area contributed by atoms with Crippen LogP contribution in [0.15, 0.2) is 82.6 Å². The lowest BCUT2D eigenvalue weighted by molar-refractivity contribution is 0.238. The van der Waals surface area contributed by atoms with Gasteiger partial charge >= 0.3 is 0 Å². The molecule has 1 aliphatic rings. The predicted molar refractivity (Wildman–Crippen MR) is 161 cm³/mol. The first kappa shape index (κ1) is 27.1. The maximum Gasteiger partial charge on any atom is 0.261 e. The fraction of sp³-hybridized carbons (Fsp3) is 0.344. The number of rotatable bonds is 9. The minimum Gasteiger partial charge on any atom is -0.344 e. The van der Waals surface area contributed by atoms with Gasteiger partial charge in [-0.3, -0.25) is 14.4 Å². The molecule has 39 heavy (non-hydrogen) atoms. The first-order chi connectivity index (χ1) is 18.9. The fourth-order valence-electron chi connectivity index (χ4n) is 5.45. The summed E-state index contributed by atoms with van der Waals surface area (Å²) in [5, 5.41) is 1.13. The van der Waals surface area contributed by atoms with E-state index in [2.05, 4.69) is 49.9 Å². The summed E-state index contributed by atoms with van der Waals surface area (Å²) in [7, 11) is 0. The fourth-order valence-corrected chi connectivity index (χ4v) is 5.62. The van der Waals surface area contributed by atoms with Crippen molar-refractivity contribution in [2.75, 3.05) is 13.1 Å². The van der Waals surface area contributed by atoms with E-state index >= 15 is 0 Å². The quantitative estimate of drug-likeness (QED) is 0.283. The minimum absolute atomic E-state index is 0.0612. The molecule has 2 atom stereocenters. The predicted octanol–water partition coefficient (Wildman–Crippen LogP) is 5.97. The Labute approximate surface area is 235 Å². The smallest absolute Gasteiger partial charge is 0.261 e. The zero-order chi connectivity index (χ0) is 27.5. The van der Waals surface area contributed by atoms with Gasteiger partial charge < -0.3 is 10.6 Å². The summed E-state index contributed by atoms with van der Waals surface area (Å²) in [6, 6.07) is 23.9. The summed E-state index contributed by atoms with van der Waals surface area (Å²) in [5.74, 6) is 1.83. The molecule has 7 heteroatoms. The Morgan fingerprint density at radius 2 is 1.79 bits per heavy atom. The van der Waals surface area contributed by atoms with Crippen molar-refractivity contribution in [3.63, 3.8) is 0 Å². The van der Waals surface area contributed by atoms with Crippen molar-refractivity contribution in [1.82, 2.24) is 14.5 Å². The molecule has 2 heterocycles. The van der Waals surface area contributed by atoms with Gasteiger partial charge in [-0.05, 0) is 56.0 Å². The molecule has 4 aromatic rings. The van der Waals surface area contributed by atoms with Crippen LogP contribution < -0.4 is 11.3 Å². The Bertz CT molecular complexity index is 1530. The summed E-state index contributed by atoms with van der Waals surface area (Å²) < 4.78 is 1.84. The molecule has 2 N–H and O–H groups in total. The van der Waals surface area contributed by atoms with Gasteiger partial charge in [-0.25, -0.2) is 4.98 Å². The number of amidine groups is 1. The van der Waals surface area contributed by atoms with E-state index in [0.717, 1.165) is 42.2 Å². The Morgan fingerprint density at radius 3 is 2.49 bits per heavy atom. The number of halogens is 1.